The summed E-state index contributed by atoms with van der Waals surface area (Å²) in [6.07, 6.45) is 13.8. The fourth-order valence-corrected chi connectivity index (χ4v) is 7.92. The molecule has 0 radical (unpaired) electrons. The minimum Gasteiger partial charge on any atom is -0.302 e. The highest BCUT2D eigenvalue weighted by Crippen LogP contribution is 2.27. The molecule has 1 aliphatic carbocycles. The smallest absolute Gasteiger partial charge is 0.269 e. The zero-order chi connectivity index (χ0) is 46.8. The summed E-state index contributed by atoms with van der Waals surface area (Å²) in [5.41, 5.74) is 7.18. The molecule has 6 aromatic rings. The van der Waals surface area contributed by atoms with Crippen LogP contribution in [0.15, 0.2) is 164 Å². The van der Waals surface area contributed by atoms with Crippen molar-refractivity contribution in [3.8, 4) is 0 Å². The maximum Gasteiger partial charge on any atom is 0.269 e. The van der Waals surface area contributed by atoms with E-state index >= 15 is 0 Å². The summed E-state index contributed by atoms with van der Waals surface area (Å²) in [5, 5.41) is 32.3. The third-order valence-corrected chi connectivity index (χ3v) is 11.8. The summed E-state index contributed by atoms with van der Waals surface area (Å²) < 4.78 is 0. The van der Waals surface area contributed by atoms with Gasteiger partial charge in [0.05, 0.1) is 14.8 Å². The molecule has 1 unspecified atom stereocenters. The lowest BCUT2D eigenvalue weighted by atomic mass is 9.85. The molecule has 360 valence electrons. The van der Waals surface area contributed by atoms with Gasteiger partial charge in [-0.05, 0) is 104 Å². The van der Waals surface area contributed by atoms with Gasteiger partial charge in [-0.2, -0.15) is 9.90 Å². The Balaban J connectivity index is 0.000000268. The van der Waals surface area contributed by atoms with Gasteiger partial charge in [0.25, 0.3) is 17.1 Å². The Morgan fingerprint density at radius 2 is 0.838 bits per heavy atom. The highest BCUT2D eigenvalue weighted by molar-refractivity contribution is 6.92. The number of unbranched alkanes of at least 4 members (excludes halogenated alkanes) is 2. The minimum absolute atomic E-state index is 0. The van der Waals surface area contributed by atoms with Gasteiger partial charge in [0, 0.05) is 68.9 Å². The first kappa shape index (κ1) is 55.9. The van der Waals surface area contributed by atoms with Crippen LogP contribution < -0.4 is 0 Å². The average molecular weight is 941 g/mol. The van der Waals surface area contributed by atoms with Crippen molar-refractivity contribution in [1.82, 2.24) is 4.90 Å². The van der Waals surface area contributed by atoms with Gasteiger partial charge in [0.15, 0.2) is 0 Å². The monoisotopic (exact) mass is 940 g/mol. The lowest BCUT2D eigenvalue weighted by Gasteiger charge is -2.32. The first-order valence-electron chi connectivity index (χ1n) is 23.2. The van der Waals surface area contributed by atoms with E-state index in [1.165, 1.54) is 54.5 Å². The second kappa shape index (κ2) is 31.5. The molecule has 7 rings (SSSR count). The van der Waals surface area contributed by atoms with Crippen molar-refractivity contribution in [1.29, 1.82) is 0 Å². The van der Waals surface area contributed by atoms with Crippen molar-refractivity contribution in [3.63, 3.8) is 0 Å². The average Bonchev–Trinajstić information content (AvgIpc) is 3.32. The molecule has 1 saturated carbocycles. The normalized spacial score (nSPS) is 11.5. The molecule has 6 aromatic carbocycles. The van der Waals surface area contributed by atoms with Gasteiger partial charge >= 0.3 is 0 Å². The van der Waals surface area contributed by atoms with Gasteiger partial charge in [-0.3, -0.25) is 35.1 Å². The molecule has 1 aliphatic rings. The van der Waals surface area contributed by atoms with Crippen LogP contribution in [0.25, 0.3) is 0 Å². The molecule has 68 heavy (non-hydrogen) atoms. The fourth-order valence-electron chi connectivity index (χ4n) is 7.92. The fraction of sp³-hybridized carbons (Fsp3) is 0.339. The van der Waals surface area contributed by atoms with Gasteiger partial charge in [-0.15, -0.1) is 0 Å². The number of nitro benzene ring substituents is 3. The number of nitrogens with zero attached hydrogens (tertiary/aromatic N) is 4. The van der Waals surface area contributed by atoms with Gasteiger partial charge in [0.2, 0.25) is 0 Å². The number of hydrogen-bond acceptors (Lipinski definition) is 8. The van der Waals surface area contributed by atoms with Crippen molar-refractivity contribution in [2.75, 3.05) is 19.6 Å². The Hall–Kier alpha value is -6.42. The molecule has 0 N–H and O–H groups in total. The van der Waals surface area contributed by atoms with Gasteiger partial charge in [-0.1, -0.05) is 148 Å². The van der Waals surface area contributed by atoms with Gasteiger partial charge in [0.1, 0.15) is 5.78 Å². The molecule has 11 nitrogen and oxygen atoms in total. The lowest BCUT2D eigenvalue weighted by Crippen LogP contribution is -2.35. The highest BCUT2D eigenvalue weighted by atomic mass is 31.0. The summed E-state index contributed by atoms with van der Waals surface area (Å²) in [6.45, 7) is 3.17. The van der Waals surface area contributed by atoms with Crippen LogP contribution in [0.5, 0.6) is 0 Å². The molecule has 0 bridgehead atoms. The minimum atomic E-state index is -0.441. The van der Waals surface area contributed by atoms with Crippen molar-refractivity contribution < 1.29 is 19.6 Å². The molecule has 0 amide bonds. The molecule has 0 spiro atoms. The first-order chi connectivity index (χ1) is 32.1. The maximum absolute atomic E-state index is 11.9. The molecule has 1 atom stereocenters. The van der Waals surface area contributed by atoms with E-state index in [4.69, 9.17) is 0 Å². The number of carbonyl (C=O) groups excluding carboxylic acids is 1. The number of Topliss-reactive ketones (excluding diaryl/α,β-unsaturated/α-hetero) is 1. The predicted molar refractivity (Wildman–Crippen MR) is 281 cm³/mol. The van der Waals surface area contributed by atoms with Crippen LogP contribution in [0.4, 0.5) is 17.1 Å². The summed E-state index contributed by atoms with van der Waals surface area (Å²) in [7, 11) is 0. The van der Waals surface area contributed by atoms with Crippen LogP contribution in [-0.2, 0) is 43.3 Å². The van der Waals surface area contributed by atoms with Crippen molar-refractivity contribution in [2.24, 2.45) is 5.92 Å². The number of aryl methyl sites for hydroxylation is 3. The third-order valence-electron chi connectivity index (χ3n) is 11.8. The SMILES string of the molecule is C.O=C(CCCc1ccccc1)Cc1cccc([N+](=O)[O-])c1.O=[N+]([O-])c1cccc(CCCCCc2ccccc2)c1.O=[N+]([O-])c1cccc(CCN(CCc2ccccc2)CC2CCC2)c1.P. The number of carbonyl (C=O) groups is 1. The van der Waals surface area contributed by atoms with E-state index < -0.39 is 4.92 Å². The summed E-state index contributed by atoms with van der Waals surface area (Å²) in [4.78, 5) is 45.7. The number of benzene rings is 6. The Labute approximate surface area is 406 Å². The van der Waals surface area contributed by atoms with E-state index in [1.807, 2.05) is 48.5 Å². The number of ketones is 1. The third kappa shape index (κ3) is 21.5. The lowest BCUT2D eigenvalue weighted by molar-refractivity contribution is -0.385. The van der Waals surface area contributed by atoms with Crippen LogP contribution >= 0.6 is 9.90 Å². The van der Waals surface area contributed by atoms with Crippen LogP contribution in [0.3, 0.4) is 0 Å². The second-order valence-electron chi connectivity index (χ2n) is 17.0. The molecule has 0 aromatic heterocycles. The van der Waals surface area contributed by atoms with E-state index in [9.17, 15) is 35.1 Å². The van der Waals surface area contributed by atoms with Gasteiger partial charge < -0.3 is 4.90 Å². The molecular weight excluding hydrogens is 872 g/mol. The molecule has 0 saturated heterocycles. The second-order valence-corrected chi connectivity index (χ2v) is 17.0. The Morgan fingerprint density at radius 1 is 0.471 bits per heavy atom. The number of hydrogen-bond donors (Lipinski definition) is 0. The Morgan fingerprint density at radius 3 is 1.28 bits per heavy atom. The number of non-ortho nitro benzene ring substituents is 3. The molecule has 12 heteroatoms. The summed E-state index contributed by atoms with van der Waals surface area (Å²) in [6, 6.07) is 51.4. The first-order valence-corrected chi connectivity index (χ1v) is 23.2. The van der Waals surface area contributed by atoms with Gasteiger partial charge in [-0.25, -0.2) is 0 Å². The molecule has 0 heterocycles. The largest absolute Gasteiger partial charge is 0.302 e. The summed E-state index contributed by atoms with van der Waals surface area (Å²) in [5.74, 6) is 0.951. The molecule has 1 fully saturated rings. The van der Waals surface area contributed by atoms with Crippen LogP contribution in [0.1, 0.15) is 92.2 Å². The van der Waals surface area contributed by atoms with Crippen LogP contribution in [0, 0.1) is 36.3 Å². The maximum atomic E-state index is 11.9. The topological polar surface area (TPSA) is 150 Å². The quantitative estimate of drug-likeness (QED) is 0.0267. The van der Waals surface area contributed by atoms with Crippen molar-refractivity contribution in [2.45, 2.75) is 97.3 Å². The van der Waals surface area contributed by atoms with E-state index in [2.05, 4.69) is 59.5 Å². The van der Waals surface area contributed by atoms with Crippen LogP contribution in [-0.4, -0.2) is 45.1 Å². The Kier molecular flexibility index (Phi) is 25.9. The Bertz CT molecular complexity index is 2400. The zero-order valence-corrected chi connectivity index (χ0v) is 40.0. The van der Waals surface area contributed by atoms with Crippen molar-refractivity contribution >= 4 is 32.7 Å². The van der Waals surface area contributed by atoms with E-state index in [-0.39, 0.29) is 56.4 Å². The molecular formula is C56H69N4O7P. The number of nitro groups is 3. The highest BCUT2D eigenvalue weighted by Gasteiger charge is 2.21. The van der Waals surface area contributed by atoms with E-state index in [0.717, 1.165) is 88.0 Å². The summed E-state index contributed by atoms with van der Waals surface area (Å²) >= 11 is 0. The number of rotatable bonds is 23. The zero-order valence-electron chi connectivity index (χ0n) is 38.5. The standard InChI is InChI=1S/C21H26N2O2.C17H17NO3.C17H19NO2.CH4.H3P/c24-23(25)21-11-5-8-19(16-21)13-15-22(17-20-9-4-10-20)14-12-18-6-2-1-3-7-18;19-17(11-5-8-14-6-2-1-3-7-14)13-15-9-4-10-16(12-15)18(20)21;19-18(20)17-13-7-12-16(14-17)11-6-2-5-10-15-8-3-1-4-9-15;;/h1-3,5-8,11,16,20H,4,9-10,12-15,17H2;1-4,6-7,9-10,12H,5,8,11,13H2;1,3-4,7-9,12-14H,2,5-6,10-11H2;1H4;1H3. The van der Waals surface area contributed by atoms with E-state index in [1.54, 1.807) is 48.5 Å². The van der Waals surface area contributed by atoms with Crippen LogP contribution in [0.2, 0.25) is 0 Å². The predicted octanol–water partition coefficient (Wildman–Crippen LogP) is 13.5. The van der Waals surface area contributed by atoms with Crippen molar-refractivity contribution in [3.05, 3.63) is 228 Å². The molecule has 0 aliphatic heterocycles. The van der Waals surface area contributed by atoms with E-state index in [0.29, 0.717) is 12.0 Å².